The fourth-order valence-electron chi connectivity index (χ4n) is 2.30. The van der Waals surface area contributed by atoms with Crippen LogP contribution in [0.15, 0.2) is 0 Å². The summed E-state index contributed by atoms with van der Waals surface area (Å²) in [6, 6.07) is 0.559. The van der Waals surface area contributed by atoms with E-state index in [1.807, 2.05) is 23.6 Å². The lowest BCUT2D eigenvalue weighted by atomic mass is 10.2. The van der Waals surface area contributed by atoms with Crippen LogP contribution in [0.3, 0.4) is 0 Å². The van der Waals surface area contributed by atoms with E-state index in [1.54, 1.807) is 0 Å². The molecule has 0 radical (unpaired) electrons. The zero-order valence-electron chi connectivity index (χ0n) is 9.37. The van der Waals surface area contributed by atoms with Crippen molar-refractivity contribution < 1.29 is 4.79 Å². The number of thioether (sulfide) groups is 1. The van der Waals surface area contributed by atoms with Gasteiger partial charge in [-0.1, -0.05) is 0 Å². The van der Waals surface area contributed by atoms with Gasteiger partial charge < -0.3 is 10.2 Å². The molecule has 0 bridgehead atoms. The summed E-state index contributed by atoms with van der Waals surface area (Å²) in [6.45, 7) is 3.93. The average molecular weight is 228 g/mol. The molecule has 2 rings (SSSR count). The Kier molecular flexibility index (Phi) is 3.92. The molecule has 2 fully saturated rings. The minimum Gasteiger partial charge on any atom is -0.341 e. The Morgan fingerprint density at radius 1 is 1.47 bits per heavy atom. The normalized spacial score (nSPS) is 28.3. The summed E-state index contributed by atoms with van der Waals surface area (Å²) < 4.78 is 0. The highest BCUT2D eigenvalue weighted by atomic mass is 32.2. The lowest BCUT2D eigenvalue weighted by Gasteiger charge is -2.23. The van der Waals surface area contributed by atoms with E-state index < -0.39 is 0 Å². The van der Waals surface area contributed by atoms with Gasteiger partial charge in [0.05, 0.1) is 6.04 Å². The van der Waals surface area contributed by atoms with E-state index >= 15 is 0 Å². The second-order valence-corrected chi connectivity index (χ2v) is 5.63. The minimum absolute atomic E-state index is 0.00630. The van der Waals surface area contributed by atoms with Crippen molar-refractivity contribution in [2.45, 2.75) is 38.3 Å². The van der Waals surface area contributed by atoms with E-state index in [-0.39, 0.29) is 6.04 Å². The maximum atomic E-state index is 12.0. The molecule has 2 atom stereocenters. The molecule has 86 valence electrons. The summed E-state index contributed by atoms with van der Waals surface area (Å²) >= 11 is 1.98. The van der Waals surface area contributed by atoms with E-state index in [0.29, 0.717) is 11.9 Å². The Morgan fingerprint density at radius 2 is 2.20 bits per heavy atom. The van der Waals surface area contributed by atoms with Crippen molar-refractivity contribution in [3.63, 3.8) is 0 Å². The molecule has 0 aromatic carbocycles. The lowest BCUT2D eigenvalue weighted by molar-refractivity contribution is -0.132. The number of carbonyl (C=O) groups excluding carboxylic acids is 1. The highest BCUT2D eigenvalue weighted by molar-refractivity contribution is 7.99. The molecule has 2 aliphatic heterocycles. The predicted octanol–water partition coefficient (Wildman–Crippen LogP) is 1.09. The van der Waals surface area contributed by atoms with Crippen LogP contribution in [-0.4, -0.2) is 47.5 Å². The first-order valence-electron chi connectivity index (χ1n) is 5.90. The van der Waals surface area contributed by atoms with Crippen molar-refractivity contribution in [3.05, 3.63) is 0 Å². The Hall–Kier alpha value is -0.220. The number of amides is 1. The predicted molar refractivity (Wildman–Crippen MR) is 64.1 cm³/mol. The summed E-state index contributed by atoms with van der Waals surface area (Å²) in [6.07, 6.45) is 3.57. The molecule has 1 amide bonds. The molecule has 0 saturated carbocycles. The van der Waals surface area contributed by atoms with Crippen molar-refractivity contribution in [1.82, 2.24) is 10.2 Å². The summed E-state index contributed by atoms with van der Waals surface area (Å²) in [5.74, 6) is 2.70. The quantitative estimate of drug-likeness (QED) is 0.785. The summed E-state index contributed by atoms with van der Waals surface area (Å²) in [4.78, 5) is 14.0. The first-order valence-corrected chi connectivity index (χ1v) is 7.05. The zero-order chi connectivity index (χ0) is 10.7. The number of hydrogen-bond acceptors (Lipinski definition) is 3. The number of carbonyl (C=O) groups is 1. The van der Waals surface area contributed by atoms with Crippen LogP contribution in [0.25, 0.3) is 0 Å². The van der Waals surface area contributed by atoms with Crippen molar-refractivity contribution in [2.75, 3.05) is 24.6 Å². The molecule has 0 aromatic heterocycles. The van der Waals surface area contributed by atoms with E-state index in [4.69, 9.17) is 0 Å². The van der Waals surface area contributed by atoms with Gasteiger partial charge in [0.1, 0.15) is 0 Å². The molecular weight excluding hydrogens is 208 g/mol. The molecule has 0 aromatic rings. The zero-order valence-corrected chi connectivity index (χ0v) is 10.2. The molecule has 0 aliphatic carbocycles. The Morgan fingerprint density at radius 3 is 2.80 bits per heavy atom. The third-order valence-corrected chi connectivity index (χ3v) is 4.37. The summed E-state index contributed by atoms with van der Waals surface area (Å²) in [5, 5.41) is 3.44. The Labute approximate surface area is 96.0 Å². The van der Waals surface area contributed by atoms with Gasteiger partial charge in [0.25, 0.3) is 0 Å². The van der Waals surface area contributed by atoms with Crippen molar-refractivity contribution >= 4 is 17.7 Å². The SMILES string of the molecule is CC(NC1CCSC1)C(=O)N1CCCC1. The molecule has 4 heteroatoms. The van der Waals surface area contributed by atoms with Crippen LogP contribution in [0.5, 0.6) is 0 Å². The maximum absolute atomic E-state index is 12.0. The van der Waals surface area contributed by atoms with Crippen LogP contribution in [0.1, 0.15) is 26.2 Å². The van der Waals surface area contributed by atoms with Gasteiger partial charge in [-0.05, 0) is 31.9 Å². The van der Waals surface area contributed by atoms with Crippen LogP contribution in [0, 0.1) is 0 Å². The van der Waals surface area contributed by atoms with Gasteiger partial charge >= 0.3 is 0 Å². The van der Waals surface area contributed by atoms with Crippen molar-refractivity contribution in [1.29, 1.82) is 0 Å². The first kappa shape index (κ1) is 11.3. The smallest absolute Gasteiger partial charge is 0.239 e. The van der Waals surface area contributed by atoms with Gasteiger partial charge in [-0.3, -0.25) is 4.79 Å². The maximum Gasteiger partial charge on any atom is 0.239 e. The average Bonchev–Trinajstić information content (AvgIpc) is 2.88. The van der Waals surface area contributed by atoms with Crippen LogP contribution >= 0.6 is 11.8 Å². The number of nitrogens with one attached hydrogen (secondary N) is 1. The van der Waals surface area contributed by atoms with Crippen LogP contribution < -0.4 is 5.32 Å². The molecule has 15 heavy (non-hydrogen) atoms. The first-order chi connectivity index (χ1) is 7.27. The van der Waals surface area contributed by atoms with Gasteiger partial charge in [0, 0.05) is 24.9 Å². The second kappa shape index (κ2) is 5.21. The second-order valence-electron chi connectivity index (χ2n) is 4.48. The van der Waals surface area contributed by atoms with Crippen molar-refractivity contribution in [3.8, 4) is 0 Å². The minimum atomic E-state index is 0.00630. The fraction of sp³-hybridized carbons (Fsp3) is 0.909. The van der Waals surface area contributed by atoms with Crippen LogP contribution in [0.2, 0.25) is 0 Å². The number of rotatable bonds is 3. The lowest BCUT2D eigenvalue weighted by Crippen LogP contribution is -2.47. The third kappa shape index (κ3) is 2.88. The van der Waals surface area contributed by atoms with Crippen LogP contribution in [0.4, 0.5) is 0 Å². The largest absolute Gasteiger partial charge is 0.341 e. The highest BCUT2D eigenvalue weighted by Gasteiger charge is 2.26. The molecule has 0 spiro atoms. The van der Waals surface area contributed by atoms with E-state index in [0.717, 1.165) is 18.8 Å². The van der Waals surface area contributed by atoms with Gasteiger partial charge in [-0.2, -0.15) is 11.8 Å². The fourth-order valence-corrected chi connectivity index (χ4v) is 3.47. The van der Waals surface area contributed by atoms with Gasteiger partial charge in [0.2, 0.25) is 5.91 Å². The topological polar surface area (TPSA) is 32.3 Å². The monoisotopic (exact) mass is 228 g/mol. The molecule has 2 heterocycles. The number of nitrogens with zero attached hydrogens (tertiary/aromatic N) is 1. The van der Waals surface area contributed by atoms with E-state index in [1.165, 1.54) is 25.0 Å². The molecule has 2 aliphatic rings. The van der Waals surface area contributed by atoms with Gasteiger partial charge in [0.15, 0.2) is 0 Å². The third-order valence-electron chi connectivity index (χ3n) is 3.20. The summed E-state index contributed by atoms with van der Waals surface area (Å²) in [7, 11) is 0. The molecule has 3 nitrogen and oxygen atoms in total. The molecule has 1 N–H and O–H groups in total. The number of likely N-dealkylation sites (tertiary alicyclic amines) is 1. The Balaban J connectivity index is 1.78. The summed E-state index contributed by atoms with van der Waals surface area (Å²) in [5.41, 5.74) is 0. The van der Waals surface area contributed by atoms with Crippen molar-refractivity contribution in [2.24, 2.45) is 0 Å². The Bertz CT molecular complexity index is 223. The van der Waals surface area contributed by atoms with Gasteiger partial charge in [-0.15, -0.1) is 0 Å². The standard InChI is InChI=1S/C11H20N2OS/c1-9(12-10-4-7-15-8-10)11(14)13-5-2-3-6-13/h9-10,12H,2-8H2,1H3. The van der Waals surface area contributed by atoms with E-state index in [9.17, 15) is 4.79 Å². The molecule has 2 saturated heterocycles. The van der Waals surface area contributed by atoms with E-state index in [2.05, 4.69) is 5.32 Å². The van der Waals surface area contributed by atoms with Gasteiger partial charge in [-0.25, -0.2) is 0 Å². The number of hydrogen-bond donors (Lipinski definition) is 1. The molecular formula is C11H20N2OS. The molecule has 2 unspecified atom stereocenters. The highest BCUT2D eigenvalue weighted by Crippen LogP contribution is 2.18. The van der Waals surface area contributed by atoms with Crippen LogP contribution in [-0.2, 0) is 4.79 Å².